The van der Waals surface area contributed by atoms with Crippen LogP contribution < -0.4 is 14.8 Å². The van der Waals surface area contributed by atoms with Gasteiger partial charge in [0.15, 0.2) is 11.5 Å². The summed E-state index contributed by atoms with van der Waals surface area (Å²) in [6.07, 6.45) is 4.32. The van der Waals surface area contributed by atoms with Crippen LogP contribution in [0.2, 0.25) is 0 Å². The summed E-state index contributed by atoms with van der Waals surface area (Å²) in [5.74, 6) is 2.48. The summed E-state index contributed by atoms with van der Waals surface area (Å²) in [5.41, 5.74) is 1.15. The standard InChI is InChI=1S/C16H23NO3/c18-8-7-14(12-5-6-12)17-11-13-3-1-4-15-16(13)20-10-2-9-19-15/h1,3-4,12,14,17-18H,2,5-11H2. The molecule has 0 bridgehead atoms. The van der Waals surface area contributed by atoms with Crippen LogP contribution in [0.25, 0.3) is 0 Å². The van der Waals surface area contributed by atoms with Crippen LogP contribution in [0.1, 0.15) is 31.2 Å². The largest absolute Gasteiger partial charge is 0.490 e. The van der Waals surface area contributed by atoms with Crippen molar-refractivity contribution in [1.29, 1.82) is 0 Å². The van der Waals surface area contributed by atoms with E-state index in [-0.39, 0.29) is 6.61 Å². The quantitative estimate of drug-likeness (QED) is 0.836. The van der Waals surface area contributed by atoms with Gasteiger partial charge in [-0.05, 0) is 31.2 Å². The van der Waals surface area contributed by atoms with Crippen LogP contribution >= 0.6 is 0 Å². The smallest absolute Gasteiger partial charge is 0.165 e. The van der Waals surface area contributed by atoms with Crippen LogP contribution in [0.3, 0.4) is 0 Å². The van der Waals surface area contributed by atoms with Gasteiger partial charge in [-0.3, -0.25) is 0 Å². The molecule has 0 saturated heterocycles. The molecule has 2 N–H and O–H groups in total. The van der Waals surface area contributed by atoms with Crippen molar-refractivity contribution >= 4 is 0 Å². The molecule has 1 aromatic carbocycles. The second-order valence-corrected chi connectivity index (χ2v) is 5.63. The van der Waals surface area contributed by atoms with Gasteiger partial charge in [0.2, 0.25) is 0 Å². The highest BCUT2D eigenvalue weighted by atomic mass is 16.5. The Morgan fingerprint density at radius 3 is 2.90 bits per heavy atom. The summed E-state index contributed by atoms with van der Waals surface area (Å²) in [6.45, 7) is 2.46. The molecule has 0 aromatic heterocycles. The summed E-state index contributed by atoms with van der Waals surface area (Å²) in [7, 11) is 0. The highest BCUT2D eigenvalue weighted by Gasteiger charge is 2.30. The number of rotatable bonds is 6. The zero-order valence-corrected chi connectivity index (χ0v) is 11.8. The number of fused-ring (bicyclic) bond motifs is 1. The Labute approximate surface area is 120 Å². The molecule has 4 heteroatoms. The van der Waals surface area contributed by atoms with Gasteiger partial charge in [-0.2, -0.15) is 0 Å². The Balaban J connectivity index is 1.67. The average molecular weight is 277 g/mol. The van der Waals surface area contributed by atoms with E-state index in [1.807, 2.05) is 12.1 Å². The normalized spacial score (nSPS) is 19.4. The fraction of sp³-hybridized carbons (Fsp3) is 0.625. The van der Waals surface area contributed by atoms with Gasteiger partial charge in [-0.1, -0.05) is 12.1 Å². The van der Waals surface area contributed by atoms with Gasteiger partial charge in [-0.15, -0.1) is 0 Å². The highest BCUT2D eigenvalue weighted by Crippen LogP contribution is 2.36. The maximum atomic E-state index is 9.16. The molecule has 0 spiro atoms. The van der Waals surface area contributed by atoms with Crippen molar-refractivity contribution in [2.75, 3.05) is 19.8 Å². The summed E-state index contributed by atoms with van der Waals surface area (Å²) in [6, 6.07) is 6.49. The van der Waals surface area contributed by atoms with Crippen molar-refractivity contribution in [3.05, 3.63) is 23.8 Å². The molecule has 1 aliphatic carbocycles. The van der Waals surface area contributed by atoms with Crippen LogP contribution in [0, 0.1) is 5.92 Å². The third kappa shape index (κ3) is 3.25. The van der Waals surface area contributed by atoms with Gasteiger partial charge in [0.1, 0.15) is 0 Å². The Kier molecular flexibility index (Phi) is 4.43. The van der Waals surface area contributed by atoms with E-state index in [1.54, 1.807) is 0 Å². The Morgan fingerprint density at radius 2 is 2.10 bits per heavy atom. The van der Waals surface area contributed by atoms with E-state index < -0.39 is 0 Å². The highest BCUT2D eigenvalue weighted by molar-refractivity contribution is 5.47. The van der Waals surface area contributed by atoms with Crippen LogP contribution in [0.5, 0.6) is 11.5 Å². The number of aliphatic hydroxyl groups excluding tert-OH is 1. The van der Waals surface area contributed by atoms with E-state index in [9.17, 15) is 0 Å². The molecule has 110 valence electrons. The van der Waals surface area contributed by atoms with Crippen molar-refractivity contribution < 1.29 is 14.6 Å². The molecule has 0 amide bonds. The summed E-state index contributed by atoms with van der Waals surface area (Å²) in [5, 5.41) is 12.7. The predicted molar refractivity (Wildman–Crippen MR) is 77.1 cm³/mol. The molecular formula is C16H23NO3. The van der Waals surface area contributed by atoms with Gasteiger partial charge >= 0.3 is 0 Å². The molecule has 1 unspecified atom stereocenters. The van der Waals surface area contributed by atoms with Crippen molar-refractivity contribution in [3.8, 4) is 11.5 Å². The molecule has 1 aliphatic heterocycles. The average Bonchev–Trinajstić information content (AvgIpc) is 3.29. The van der Waals surface area contributed by atoms with E-state index in [1.165, 1.54) is 12.8 Å². The van der Waals surface area contributed by atoms with E-state index in [0.29, 0.717) is 12.6 Å². The van der Waals surface area contributed by atoms with Crippen LogP contribution in [-0.2, 0) is 6.54 Å². The van der Waals surface area contributed by atoms with Gasteiger partial charge in [-0.25, -0.2) is 0 Å². The van der Waals surface area contributed by atoms with Crippen molar-refractivity contribution in [1.82, 2.24) is 5.32 Å². The lowest BCUT2D eigenvalue weighted by molar-refractivity contribution is 0.255. The predicted octanol–water partition coefficient (Wildman–Crippen LogP) is 2.10. The lowest BCUT2D eigenvalue weighted by Crippen LogP contribution is -2.31. The monoisotopic (exact) mass is 277 g/mol. The number of hydrogen-bond donors (Lipinski definition) is 2. The minimum Gasteiger partial charge on any atom is -0.490 e. The molecule has 1 aromatic rings. The zero-order chi connectivity index (χ0) is 13.8. The minimum atomic E-state index is 0.251. The fourth-order valence-corrected chi connectivity index (χ4v) is 2.78. The number of benzene rings is 1. The van der Waals surface area contributed by atoms with Gasteiger partial charge in [0.25, 0.3) is 0 Å². The number of aliphatic hydroxyl groups is 1. The van der Waals surface area contributed by atoms with Crippen LogP contribution in [0.4, 0.5) is 0 Å². The molecule has 1 atom stereocenters. The molecule has 3 rings (SSSR count). The lowest BCUT2D eigenvalue weighted by Gasteiger charge is -2.19. The maximum absolute atomic E-state index is 9.16. The Morgan fingerprint density at radius 1 is 1.25 bits per heavy atom. The maximum Gasteiger partial charge on any atom is 0.165 e. The Hall–Kier alpha value is -1.26. The van der Waals surface area contributed by atoms with Crippen molar-refractivity contribution in [2.45, 2.75) is 38.3 Å². The second kappa shape index (κ2) is 6.46. The summed E-state index contributed by atoms with van der Waals surface area (Å²) >= 11 is 0. The first-order valence-corrected chi connectivity index (χ1v) is 7.60. The topological polar surface area (TPSA) is 50.7 Å². The van der Waals surface area contributed by atoms with Gasteiger partial charge < -0.3 is 19.9 Å². The van der Waals surface area contributed by atoms with Crippen molar-refractivity contribution in [3.63, 3.8) is 0 Å². The molecule has 2 aliphatic rings. The lowest BCUT2D eigenvalue weighted by atomic mass is 10.1. The van der Waals surface area contributed by atoms with Crippen LogP contribution in [-0.4, -0.2) is 31.0 Å². The molecule has 1 heterocycles. The number of nitrogens with one attached hydrogen (secondary N) is 1. The van der Waals surface area contributed by atoms with Gasteiger partial charge in [0.05, 0.1) is 13.2 Å². The molecule has 4 nitrogen and oxygen atoms in total. The minimum absolute atomic E-state index is 0.251. The van der Waals surface area contributed by atoms with E-state index in [4.69, 9.17) is 14.6 Å². The SMILES string of the molecule is OCCC(NCc1cccc2c1OCCCO2)C1CC1. The Bertz CT molecular complexity index is 445. The fourth-order valence-electron chi connectivity index (χ4n) is 2.78. The van der Waals surface area contributed by atoms with Gasteiger partial charge in [0, 0.05) is 31.2 Å². The van der Waals surface area contributed by atoms with Crippen LogP contribution in [0.15, 0.2) is 18.2 Å². The van der Waals surface area contributed by atoms with E-state index in [0.717, 1.165) is 49.0 Å². The van der Waals surface area contributed by atoms with E-state index in [2.05, 4.69) is 11.4 Å². The number of hydrogen-bond acceptors (Lipinski definition) is 4. The number of para-hydroxylation sites is 1. The molecule has 0 radical (unpaired) electrons. The number of ether oxygens (including phenoxy) is 2. The molecule has 20 heavy (non-hydrogen) atoms. The second-order valence-electron chi connectivity index (χ2n) is 5.63. The molecule has 1 fully saturated rings. The first kappa shape index (κ1) is 13.7. The first-order valence-electron chi connectivity index (χ1n) is 7.60. The summed E-state index contributed by atoms with van der Waals surface area (Å²) < 4.78 is 11.5. The van der Waals surface area contributed by atoms with Crippen molar-refractivity contribution in [2.24, 2.45) is 5.92 Å². The molecule has 1 saturated carbocycles. The zero-order valence-electron chi connectivity index (χ0n) is 11.8. The van der Waals surface area contributed by atoms with E-state index >= 15 is 0 Å². The third-order valence-corrected chi connectivity index (χ3v) is 4.04. The molecular weight excluding hydrogens is 254 g/mol. The third-order valence-electron chi connectivity index (χ3n) is 4.04. The summed E-state index contributed by atoms with van der Waals surface area (Å²) in [4.78, 5) is 0. The first-order chi connectivity index (χ1) is 9.88.